The molecule has 1 amide bonds. The number of nitrogens with one attached hydrogen (secondary N) is 1. The number of carbonyl (C=O) groups excluding carboxylic acids is 1. The van der Waals surface area contributed by atoms with Gasteiger partial charge in [0.1, 0.15) is 12.6 Å². The molecular weight excluding hydrogens is 336 g/mol. The zero-order valence-corrected chi connectivity index (χ0v) is 15.1. The van der Waals surface area contributed by atoms with Gasteiger partial charge in [-0.05, 0) is 37.5 Å². The largest absolute Gasteiger partial charge is 0.372 e. The highest BCUT2D eigenvalue weighted by Gasteiger charge is 2.27. The average Bonchev–Trinajstić information content (AvgIpc) is 3.13. The summed E-state index contributed by atoms with van der Waals surface area (Å²) in [6.45, 7) is 3.54. The SMILES string of the molecule is Cc1ccc(NC(=O)[C@@H]([NH2+]C[C@H]2CCCO2)c2ccccc2)cc1Cl. The molecule has 0 spiro atoms. The summed E-state index contributed by atoms with van der Waals surface area (Å²) >= 11 is 6.17. The van der Waals surface area contributed by atoms with Crippen molar-refractivity contribution in [3.63, 3.8) is 0 Å². The predicted molar refractivity (Wildman–Crippen MR) is 99.8 cm³/mol. The van der Waals surface area contributed by atoms with Gasteiger partial charge in [-0.3, -0.25) is 4.79 Å². The van der Waals surface area contributed by atoms with E-state index in [1.165, 1.54) is 0 Å². The van der Waals surface area contributed by atoms with Crippen molar-refractivity contribution in [3.05, 3.63) is 64.7 Å². The lowest BCUT2D eigenvalue weighted by molar-refractivity contribution is -0.687. The van der Waals surface area contributed by atoms with Crippen molar-refractivity contribution in [2.45, 2.75) is 31.9 Å². The number of carbonyl (C=O) groups is 1. The third-order valence-corrected chi connectivity index (χ3v) is 4.95. The lowest BCUT2D eigenvalue weighted by Crippen LogP contribution is -2.89. The summed E-state index contributed by atoms with van der Waals surface area (Å²) in [6.07, 6.45) is 2.39. The first-order chi connectivity index (χ1) is 12.1. The van der Waals surface area contributed by atoms with E-state index in [0.29, 0.717) is 10.7 Å². The number of quaternary nitrogens is 1. The second-order valence-corrected chi connectivity index (χ2v) is 6.86. The highest BCUT2D eigenvalue weighted by Crippen LogP contribution is 2.21. The van der Waals surface area contributed by atoms with Crippen molar-refractivity contribution in [2.75, 3.05) is 18.5 Å². The van der Waals surface area contributed by atoms with Gasteiger partial charge in [-0.1, -0.05) is 48.0 Å². The van der Waals surface area contributed by atoms with Crippen molar-refractivity contribution in [1.82, 2.24) is 0 Å². The first-order valence-corrected chi connectivity index (χ1v) is 9.08. The molecule has 1 saturated heterocycles. The van der Waals surface area contributed by atoms with Crippen LogP contribution < -0.4 is 10.6 Å². The van der Waals surface area contributed by atoms with Crippen LogP contribution in [0.5, 0.6) is 0 Å². The second-order valence-electron chi connectivity index (χ2n) is 6.45. The summed E-state index contributed by atoms with van der Waals surface area (Å²) in [4.78, 5) is 12.9. The quantitative estimate of drug-likeness (QED) is 0.832. The van der Waals surface area contributed by atoms with Crippen LogP contribution in [0.3, 0.4) is 0 Å². The van der Waals surface area contributed by atoms with E-state index in [1.807, 2.05) is 49.4 Å². The zero-order valence-electron chi connectivity index (χ0n) is 14.4. The summed E-state index contributed by atoms with van der Waals surface area (Å²) in [6, 6.07) is 15.1. The molecule has 3 N–H and O–H groups in total. The molecule has 2 aromatic rings. The minimum absolute atomic E-state index is 0.0517. The monoisotopic (exact) mass is 359 g/mol. The Morgan fingerprint density at radius 2 is 2.12 bits per heavy atom. The number of hydrogen-bond acceptors (Lipinski definition) is 2. The minimum Gasteiger partial charge on any atom is -0.372 e. The lowest BCUT2D eigenvalue weighted by Gasteiger charge is -2.18. The molecule has 3 rings (SSSR count). The topological polar surface area (TPSA) is 54.9 Å². The predicted octanol–water partition coefficient (Wildman–Crippen LogP) is 3.07. The van der Waals surface area contributed by atoms with Crippen LogP contribution in [0.4, 0.5) is 5.69 Å². The van der Waals surface area contributed by atoms with E-state index in [9.17, 15) is 4.79 Å². The van der Waals surface area contributed by atoms with Gasteiger partial charge in [-0.15, -0.1) is 0 Å². The number of aryl methyl sites for hydroxylation is 1. The molecular formula is C20H24ClN2O2+. The number of rotatable bonds is 6. The van der Waals surface area contributed by atoms with Crippen molar-refractivity contribution in [1.29, 1.82) is 0 Å². The Hall–Kier alpha value is -1.88. The number of hydrogen-bond donors (Lipinski definition) is 2. The Balaban J connectivity index is 1.72. The molecule has 1 fully saturated rings. The van der Waals surface area contributed by atoms with Crippen LogP contribution in [0.2, 0.25) is 5.02 Å². The number of nitrogens with two attached hydrogens (primary N) is 1. The van der Waals surface area contributed by atoms with Gasteiger partial charge in [0.15, 0.2) is 6.04 Å². The van der Waals surface area contributed by atoms with E-state index in [2.05, 4.69) is 10.6 Å². The van der Waals surface area contributed by atoms with Crippen molar-refractivity contribution in [2.24, 2.45) is 0 Å². The lowest BCUT2D eigenvalue weighted by atomic mass is 10.1. The van der Waals surface area contributed by atoms with Crippen LogP contribution in [-0.4, -0.2) is 25.2 Å². The number of benzene rings is 2. The van der Waals surface area contributed by atoms with Gasteiger partial charge < -0.3 is 15.4 Å². The van der Waals surface area contributed by atoms with E-state index in [-0.39, 0.29) is 18.1 Å². The Kier molecular flexibility index (Phi) is 6.08. The first-order valence-electron chi connectivity index (χ1n) is 8.70. The fourth-order valence-electron chi connectivity index (χ4n) is 3.06. The molecule has 0 saturated carbocycles. The van der Waals surface area contributed by atoms with E-state index < -0.39 is 0 Å². The van der Waals surface area contributed by atoms with Crippen LogP contribution >= 0.6 is 11.6 Å². The molecule has 0 bridgehead atoms. The van der Waals surface area contributed by atoms with Crippen LogP contribution in [-0.2, 0) is 9.53 Å². The standard InChI is InChI=1S/C20H23ClN2O2/c1-14-9-10-16(12-18(14)21)23-20(24)19(15-6-3-2-4-7-15)22-13-17-8-5-11-25-17/h2-4,6-7,9-10,12,17,19,22H,5,8,11,13H2,1H3,(H,23,24)/p+1/t17-,19+/m1/s1. The molecule has 4 nitrogen and oxygen atoms in total. The second kappa shape index (κ2) is 8.48. The maximum Gasteiger partial charge on any atom is 0.287 e. The van der Waals surface area contributed by atoms with Crippen LogP contribution in [0, 0.1) is 6.92 Å². The normalized spacial score (nSPS) is 18.1. The van der Waals surface area contributed by atoms with E-state index in [1.54, 1.807) is 6.07 Å². The highest BCUT2D eigenvalue weighted by molar-refractivity contribution is 6.31. The van der Waals surface area contributed by atoms with Crippen molar-refractivity contribution < 1.29 is 14.8 Å². The number of ether oxygens (including phenoxy) is 1. The number of halogens is 1. The smallest absolute Gasteiger partial charge is 0.287 e. The average molecular weight is 360 g/mol. The molecule has 0 aromatic heterocycles. The Labute approximate surface area is 153 Å². The molecule has 0 radical (unpaired) electrons. The summed E-state index contributed by atoms with van der Waals surface area (Å²) in [7, 11) is 0. The van der Waals surface area contributed by atoms with Crippen LogP contribution in [0.1, 0.15) is 30.0 Å². The minimum atomic E-state index is -0.314. The molecule has 2 atom stereocenters. The molecule has 0 aliphatic carbocycles. The maximum absolute atomic E-state index is 12.9. The molecule has 1 aliphatic rings. The maximum atomic E-state index is 12.9. The van der Waals surface area contributed by atoms with E-state index >= 15 is 0 Å². The zero-order chi connectivity index (χ0) is 17.6. The number of anilines is 1. The fourth-order valence-corrected chi connectivity index (χ4v) is 3.24. The van der Waals surface area contributed by atoms with E-state index in [4.69, 9.17) is 16.3 Å². The summed E-state index contributed by atoms with van der Waals surface area (Å²) in [5, 5.41) is 5.70. The molecule has 1 aliphatic heterocycles. The van der Waals surface area contributed by atoms with Crippen molar-refractivity contribution in [3.8, 4) is 0 Å². The molecule has 5 heteroatoms. The van der Waals surface area contributed by atoms with Gasteiger partial charge in [-0.2, -0.15) is 0 Å². The van der Waals surface area contributed by atoms with Gasteiger partial charge in [0, 0.05) is 22.9 Å². The van der Waals surface area contributed by atoms with Crippen LogP contribution in [0.15, 0.2) is 48.5 Å². The number of amides is 1. The van der Waals surface area contributed by atoms with Gasteiger partial charge >= 0.3 is 0 Å². The third kappa shape index (κ3) is 4.82. The molecule has 2 aromatic carbocycles. The molecule has 25 heavy (non-hydrogen) atoms. The summed E-state index contributed by atoms with van der Waals surface area (Å²) < 4.78 is 5.69. The Morgan fingerprint density at radius 3 is 2.80 bits per heavy atom. The van der Waals surface area contributed by atoms with Crippen molar-refractivity contribution >= 4 is 23.2 Å². The first kappa shape index (κ1) is 17.9. The van der Waals surface area contributed by atoms with Gasteiger partial charge in [-0.25, -0.2) is 0 Å². The van der Waals surface area contributed by atoms with Gasteiger partial charge in [0.25, 0.3) is 5.91 Å². The van der Waals surface area contributed by atoms with E-state index in [0.717, 1.165) is 37.1 Å². The molecule has 132 valence electrons. The molecule has 0 unspecified atom stereocenters. The summed E-state index contributed by atoms with van der Waals surface area (Å²) in [5.74, 6) is -0.0517. The fraction of sp³-hybridized carbons (Fsp3) is 0.350. The van der Waals surface area contributed by atoms with Crippen LogP contribution in [0.25, 0.3) is 0 Å². The van der Waals surface area contributed by atoms with Gasteiger partial charge in [0.05, 0.1) is 0 Å². The molecule has 1 heterocycles. The summed E-state index contributed by atoms with van der Waals surface area (Å²) in [5.41, 5.74) is 2.69. The Morgan fingerprint density at radius 1 is 1.32 bits per heavy atom. The highest BCUT2D eigenvalue weighted by atomic mass is 35.5. The third-order valence-electron chi connectivity index (χ3n) is 4.54. The van der Waals surface area contributed by atoms with Gasteiger partial charge in [0.2, 0.25) is 0 Å². The Bertz CT molecular complexity index is 715.